The molecule has 0 saturated heterocycles. The first-order valence-electron chi connectivity index (χ1n) is 3.36. The van der Waals surface area contributed by atoms with Gasteiger partial charge in [0.2, 0.25) is 0 Å². The zero-order chi connectivity index (χ0) is 8.43. The lowest BCUT2D eigenvalue weighted by Gasteiger charge is -2.03. The second-order valence-electron chi connectivity index (χ2n) is 2.59. The molecule has 1 aromatic rings. The number of nitrogens with zero attached hydrogens (tertiary/aromatic N) is 1. The number of nitrogens with one attached hydrogen (secondary N) is 1. The van der Waals surface area contributed by atoms with Crippen LogP contribution in [0.5, 0.6) is 0 Å². The summed E-state index contributed by atoms with van der Waals surface area (Å²) >= 11 is 3.17. The van der Waals surface area contributed by atoms with Crippen LogP contribution in [0.3, 0.4) is 0 Å². The van der Waals surface area contributed by atoms with Gasteiger partial charge in [0, 0.05) is 0 Å². The minimum atomic E-state index is -0.122. The highest BCUT2D eigenvalue weighted by atomic mass is 79.9. The normalized spacial score (nSPS) is 10.5. The lowest BCUT2D eigenvalue weighted by Crippen LogP contribution is -2.11. The number of rotatable bonds is 1. The lowest BCUT2D eigenvalue weighted by atomic mass is 10.1. The van der Waals surface area contributed by atoms with Gasteiger partial charge in [-0.05, 0) is 21.8 Å². The van der Waals surface area contributed by atoms with Crippen LogP contribution in [0.15, 0.2) is 15.6 Å². The van der Waals surface area contributed by atoms with Crippen LogP contribution < -0.4 is 5.56 Å². The van der Waals surface area contributed by atoms with Gasteiger partial charge in [-0.2, -0.15) is 0 Å². The summed E-state index contributed by atoms with van der Waals surface area (Å²) in [5.41, 5.74) is 0.678. The number of aromatic nitrogens is 2. The molecule has 0 saturated carbocycles. The first-order chi connectivity index (χ1) is 5.13. The van der Waals surface area contributed by atoms with Crippen LogP contribution in [0.1, 0.15) is 25.5 Å². The summed E-state index contributed by atoms with van der Waals surface area (Å²) in [6, 6.07) is 0. The van der Waals surface area contributed by atoms with Crippen molar-refractivity contribution in [3.05, 3.63) is 26.8 Å². The van der Waals surface area contributed by atoms with Crippen LogP contribution in [0.25, 0.3) is 0 Å². The Balaban J connectivity index is 3.28. The van der Waals surface area contributed by atoms with E-state index in [1.54, 1.807) is 0 Å². The zero-order valence-electron chi connectivity index (χ0n) is 6.39. The molecule has 1 rings (SSSR count). The van der Waals surface area contributed by atoms with Crippen molar-refractivity contribution in [1.29, 1.82) is 0 Å². The van der Waals surface area contributed by atoms with E-state index in [4.69, 9.17) is 0 Å². The maximum atomic E-state index is 11.0. The van der Waals surface area contributed by atoms with Crippen molar-refractivity contribution >= 4 is 15.9 Å². The van der Waals surface area contributed by atoms with E-state index in [1.807, 2.05) is 13.8 Å². The first-order valence-corrected chi connectivity index (χ1v) is 4.15. The average Bonchev–Trinajstić information content (AvgIpc) is 1.94. The Hall–Kier alpha value is -0.640. The fourth-order valence-electron chi connectivity index (χ4n) is 0.799. The number of halogens is 1. The van der Waals surface area contributed by atoms with Crippen molar-refractivity contribution in [3.63, 3.8) is 0 Å². The molecule has 1 heterocycles. The predicted octanol–water partition coefficient (Wildman–Crippen LogP) is 1.66. The molecule has 1 N–H and O–H groups in total. The average molecular weight is 217 g/mol. The van der Waals surface area contributed by atoms with Crippen molar-refractivity contribution in [2.24, 2.45) is 0 Å². The van der Waals surface area contributed by atoms with Crippen molar-refractivity contribution < 1.29 is 0 Å². The van der Waals surface area contributed by atoms with E-state index >= 15 is 0 Å². The largest absolute Gasteiger partial charge is 0.312 e. The van der Waals surface area contributed by atoms with Crippen LogP contribution in [-0.2, 0) is 0 Å². The molecule has 0 amide bonds. The molecule has 0 aliphatic rings. The standard InChI is InChI=1S/C7H9BrN2O/c1-4(2)6-5(8)7(11)10-3-9-6/h3-4H,1-2H3,(H,9,10,11). The number of aromatic amines is 1. The first kappa shape index (κ1) is 8.46. The summed E-state index contributed by atoms with van der Waals surface area (Å²) in [6.07, 6.45) is 1.42. The Labute approximate surface area is 73.0 Å². The topological polar surface area (TPSA) is 45.8 Å². The molecule has 0 bridgehead atoms. The Morgan fingerprint density at radius 2 is 2.27 bits per heavy atom. The number of hydrogen-bond acceptors (Lipinski definition) is 2. The fourth-order valence-corrected chi connectivity index (χ4v) is 1.47. The van der Waals surface area contributed by atoms with E-state index in [0.29, 0.717) is 4.47 Å². The highest BCUT2D eigenvalue weighted by molar-refractivity contribution is 9.10. The van der Waals surface area contributed by atoms with Gasteiger partial charge in [0.05, 0.1) is 12.0 Å². The third-order valence-corrected chi connectivity index (χ3v) is 2.14. The van der Waals surface area contributed by atoms with Crippen LogP contribution >= 0.6 is 15.9 Å². The zero-order valence-corrected chi connectivity index (χ0v) is 7.97. The van der Waals surface area contributed by atoms with E-state index in [0.717, 1.165) is 5.69 Å². The van der Waals surface area contributed by atoms with Crippen molar-refractivity contribution in [2.45, 2.75) is 19.8 Å². The number of H-pyrrole nitrogens is 1. The Morgan fingerprint density at radius 3 is 2.73 bits per heavy atom. The Bertz CT molecular complexity index is 306. The van der Waals surface area contributed by atoms with E-state index in [1.165, 1.54) is 6.33 Å². The molecule has 60 valence electrons. The van der Waals surface area contributed by atoms with Gasteiger partial charge in [-0.3, -0.25) is 4.79 Å². The molecule has 0 radical (unpaired) electrons. The molecule has 11 heavy (non-hydrogen) atoms. The van der Waals surface area contributed by atoms with E-state index in [-0.39, 0.29) is 11.5 Å². The fraction of sp³-hybridized carbons (Fsp3) is 0.429. The molecular weight excluding hydrogens is 208 g/mol. The third kappa shape index (κ3) is 1.68. The molecule has 0 aliphatic heterocycles. The Morgan fingerprint density at radius 1 is 1.64 bits per heavy atom. The second kappa shape index (κ2) is 3.17. The molecule has 0 atom stereocenters. The van der Waals surface area contributed by atoms with Gasteiger partial charge in [0.25, 0.3) is 5.56 Å². The minimum Gasteiger partial charge on any atom is -0.312 e. The summed E-state index contributed by atoms with van der Waals surface area (Å²) in [7, 11) is 0. The highest BCUT2D eigenvalue weighted by Crippen LogP contribution is 2.16. The monoisotopic (exact) mass is 216 g/mol. The van der Waals surface area contributed by atoms with Crippen LogP contribution in [0.4, 0.5) is 0 Å². The van der Waals surface area contributed by atoms with E-state index in [2.05, 4.69) is 25.9 Å². The third-order valence-electron chi connectivity index (χ3n) is 1.37. The molecule has 4 heteroatoms. The summed E-state index contributed by atoms with van der Waals surface area (Å²) in [6.45, 7) is 3.99. The van der Waals surface area contributed by atoms with Crippen LogP contribution in [0, 0.1) is 0 Å². The quantitative estimate of drug-likeness (QED) is 0.777. The van der Waals surface area contributed by atoms with Gasteiger partial charge in [-0.25, -0.2) is 4.98 Å². The molecule has 0 aliphatic carbocycles. The van der Waals surface area contributed by atoms with Crippen molar-refractivity contribution in [1.82, 2.24) is 9.97 Å². The Kier molecular flexibility index (Phi) is 2.44. The lowest BCUT2D eigenvalue weighted by molar-refractivity contribution is 0.800. The van der Waals surface area contributed by atoms with Gasteiger partial charge in [-0.15, -0.1) is 0 Å². The summed E-state index contributed by atoms with van der Waals surface area (Å²) in [5, 5.41) is 0. The highest BCUT2D eigenvalue weighted by Gasteiger charge is 2.07. The van der Waals surface area contributed by atoms with Gasteiger partial charge in [0.15, 0.2) is 0 Å². The number of hydrogen-bond donors (Lipinski definition) is 1. The van der Waals surface area contributed by atoms with Crippen molar-refractivity contribution in [2.75, 3.05) is 0 Å². The predicted molar refractivity (Wildman–Crippen MR) is 46.6 cm³/mol. The maximum Gasteiger partial charge on any atom is 0.265 e. The molecule has 1 aromatic heterocycles. The van der Waals surface area contributed by atoms with Gasteiger partial charge in [-0.1, -0.05) is 13.8 Å². The van der Waals surface area contributed by atoms with Crippen LogP contribution in [0.2, 0.25) is 0 Å². The molecule has 0 fully saturated rings. The molecule has 0 aromatic carbocycles. The SMILES string of the molecule is CC(C)c1nc[nH]c(=O)c1Br. The van der Waals surface area contributed by atoms with E-state index in [9.17, 15) is 4.79 Å². The van der Waals surface area contributed by atoms with Gasteiger partial charge in [0.1, 0.15) is 4.47 Å². The minimum absolute atomic E-state index is 0.122. The second-order valence-corrected chi connectivity index (χ2v) is 3.38. The van der Waals surface area contributed by atoms with Crippen molar-refractivity contribution in [3.8, 4) is 0 Å². The van der Waals surface area contributed by atoms with Gasteiger partial charge < -0.3 is 4.98 Å². The van der Waals surface area contributed by atoms with E-state index < -0.39 is 0 Å². The summed E-state index contributed by atoms with van der Waals surface area (Å²) in [5.74, 6) is 0.270. The summed E-state index contributed by atoms with van der Waals surface area (Å²) < 4.78 is 0.537. The molecule has 0 unspecified atom stereocenters. The molecule has 3 nitrogen and oxygen atoms in total. The molecular formula is C7H9BrN2O. The molecule has 0 spiro atoms. The maximum absolute atomic E-state index is 11.0. The smallest absolute Gasteiger partial charge is 0.265 e. The summed E-state index contributed by atoms with van der Waals surface area (Å²) in [4.78, 5) is 17.5. The van der Waals surface area contributed by atoms with Crippen LogP contribution in [-0.4, -0.2) is 9.97 Å². The van der Waals surface area contributed by atoms with Gasteiger partial charge >= 0.3 is 0 Å².